The first-order valence-corrected chi connectivity index (χ1v) is 15.6. The zero-order chi connectivity index (χ0) is 28.7. The normalized spacial score (nSPS) is 11.7. The molecule has 43 heavy (non-hydrogen) atoms. The molecule has 0 saturated heterocycles. The van der Waals surface area contributed by atoms with Gasteiger partial charge in [-0.2, -0.15) is 10.5 Å². The van der Waals surface area contributed by atoms with Crippen molar-refractivity contribution < 1.29 is 0 Å². The molecule has 0 aliphatic heterocycles. The van der Waals surface area contributed by atoms with E-state index in [0.29, 0.717) is 11.1 Å². The topological polar surface area (TPSA) is 52.5 Å². The van der Waals surface area contributed by atoms with Gasteiger partial charge in [0, 0.05) is 41.7 Å². The maximum Gasteiger partial charge on any atom is 0.101 e. The van der Waals surface area contributed by atoms with Crippen molar-refractivity contribution >= 4 is 84.8 Å². The molecule has 0 spiro atoms. The van der Waals surface area contributed by atoms with Crippen LogP contribution < -0.4 is 0 Å². The van der Waals surface area contributed by atoms with Crippen LogP contribution >= 0.6 is 22.7 Å². The monoisotopic (exact) mass is 581 g/mol. The van der Waals surface area contributed by atoms with Gasteiger partial charge in [-0.25, -0.2) is 0 Å². The van der Waals surface area contributed by atoms with Gasteiger partial charge in [0.25, 0.3) is 0 Å². The van der Waals surface area contributed by atoms with Crippen LogP contribution in [0, 0.1) is 22.7 Å². The zero-order valence-electron chi connectivity index (χ0n) is 22.6. The van der Waals surface area contributed by atoms with Crippen LogP contribution in [-0.2, 0) is 0 Å². The molecule has 0 fully saturated rings. The number of benzene rings is 6. The Bertz CT molecular complexity index is 2710. The van der Waals surface area contributed by atoms with Crippen LogP contribution in [0.2, 0.25) is 0 Å². The molecule has 0 unspecified atom stereocenters. The predicted octanol–water partition coefficient (Wildman–Crippen LogP) is 10.9. The Morgan fingerprint density at radius 1 is 0.535 bits per heavy atom. The van der Waals surface area contributed by atoms with Crippen molar-refractivity contribution in [3.8, 4) is 29.0 Å². The van der Waals surface area contributed by atoms with Crippen LogP contribution in [0.15, 0.2) is 115 Å². The van der Waals surface area contributed by atoms with Crippen molar-refractivity contribution in [3.63, 3.8) is 0 Å². The Morgan fingerprint density at radius 3 is 2.19 bits per heavy atom. The Balaban J connectivity index is 1.37. The number of nitriles is 2. The Morgan fingerprint density at radius 2 is 1.30 bits per heavy atom. The molecule has 0 saturated carbocycles. The fraction of sp³-hybridized carbons (Fsp3) is 0. The van der Waals surface area contributed by atoms with Gasteiger partial charge in [0.15, 0.2) is 0 Å². The number of hydrogen-bond donors (Lipinski definition) is 0. The molecule has 0 N–H and O–H groups in total. The maximum absolute atomic E-state index is 10.2. The van der Waals surface area contributed by atoms with Crippen molar-refractivity contribution in [2.45, 2.75) is 0 Å². The van der Waals surface area contributed by atoms with Crippen LogP contribution in [0.1, 0.15) is 11.1 Å². The molecule has 0 amide bonds. The van der Waals surface area contributed by atoms with Gasteiger partial charge in [0.05, 0.1) is 43.3 Å². The first-order chi connectivity index (χ1) is 21.2. The molecule has 9 rings (SSSR count). The first kappa shape index (κ1) is 24.2. The fourth-order valence-corrected chi connectivity index (χ4v) is 9.02. The molecule has 6 aromatic carbocycles. The second-order valence-corrected chi connectivity index (χ2v) is 12.8. The van der Waals surface area contributed by atoms with Crippen molar-refractivity contribution in [3.05, 3.63) is 126 Å². The predicted molar refractivity (Wildman–Crippen MR) is 181 cm³/mol. The number of rotatable bonds is 2. The van der Waals surface area contributed by atoms with Crippen LogP contribution in [0.3, 0.4) is 0 Å². The average Bonchev–Trinajstić information content (AvgIpc) is 3.73. The Labute approximate surface area is 254 Å². The van der Waals surface area contributed by atoms with E-state index in [2.05, 4.69) is 108 Å². The maximum atomic E-state index is 10.2. The van der Waals surface area contributed by atoms with Crippen LogP contribution in [0.25, 0.3) is 79.0 Å². The Hall–Kier alpha value is -5.46. The molecule has 198 valence electrons. The number of thiophene rings is 2. The van der Waals surface area contributed by atoms with Gasteiger partial charge >= 0.3 is 0 Å². The third-order valence-electron chi connectivity index (χ3n) is 8.48. The molecular weight excluding hydrogens is 563 g/mol. The fourth-order valence-electron chi connectivity index (χ4n) is 6.58. The summed E-state index contributed by atoms with van der Waals surface area (Å²) in [5, 5.41) is 26.9. The van der Waals surface area contributed by atoms with Gasteiger partial charge < -0.3 is 4.57 Å². The molecule has 0 atom stereocenters. The smallest absolute Gasteiger partial charge is 0.101 e. The molecule has 3 heterocycles. The minimum absolute atomic E-state index is 0.630. The van der Waals surface area contributed by atoms with Crippen LogP contribution in [-0.4, -0.2) is 4.57 Å². The standard InChI is InChI=1S/C38H19N3S2/c39-20-22-12-15-27-26-6-1-3-9-31(26)41(33(27)18-22)32-10-5-8-30-36-25(16-14-24(21-40)37(36)43-38(30)32)23-13-17-29-28-7-2-4-11-34(28)42-35(29)19-23/h1-19H. The molecule has 0 radical (unpaired) electrons. The van der Waals surface area contributed by atoms with Crippen LogP contribution in [0.5, 0.6) is 0 Å². The molecule has 0 aliphatic carbocycles. The van der Waals surface area contributed by atoms with Gasteiger partial charge in [-0.05, 0) is 53.6 Å². The van der Waals surface area contributed by atoms with Crippen molar-refractivity contribution in [1.29, 1.82) is 10.5 Å². The minimum atomic E-state index is 0.630. The van der Waals surface area contributed by atoms with E-state index in [4.69, 9.17) is 0 Å². The van der Waals surface area contributed by atoms with E-state index in [1.165, 1.54) is 20.2 Å². The second-order valence-electron chi connectivity index (χ2n) is 10.7. The average molecular weight is 582 g/mol. The van der Waals surface area contributed by atoms with E-state index in [9.17, 15) is 10.5 Å². The molecule has 3 aromatic heterocycles. The summed E-state index contributed by atoms with van der Waals surface area (Å²) < 4.78 is 6.94. The number of aromatic nitrogens is 1. The number of hydrogen-bond acceptors (Lipinski definition) is 4. The summed E-state index contributed by atoms with van der Waals surface area (Å²) in [4.78, 5) is 0. The van der Waals surface area contributed by atoms with Gasteiger partial charge in [0.2, 0.25) is 0 Å². The van der Waals surface area contributed by atoms with Gasteiger partial charge in [0.1, 0.15) is 6.07 Å². The molecule has 0 bridgehead atoms. The van der Waals surface area contributed by atoms with E-state index in [1.54, 1.807) is 11.3 Å². The number of fused-ring (bicyclic) bond motifs is 9. The van der Waals surface area contributed by atoms with Gasteiger partial charge in [-0.3, -0.25) is 0 Å². The number of para-hydroxylation sites is 1. The van der Waals surface area contributed by atoms with Crippen molar-refractivity contribution in [1.82, 2.24) is 4.57 Å². The summed E-state index contributed by atoms with van der Waals surface area (Å²) >= 11 is 3.49. The SMILES string of the molecule is N#Cc1ccc2c3ccccc3n(-c3cccc4c3sc3c(C#N)ccc(-c5ccc6c(c5)sc5ccccc56)c34)c2c1. The zero-order valence-corrected chi connectivity index (χ0v) is 24.3. The summed E-state index contributed by atoms with van der Waals surface area (Å²) in [6.45, 7) is 0. The molecule has 0 aliphatic rings. The third kappa shape index (κ3) is 3.38. The van der Waals surface area contributed by atoms with E-state index in [0.717, 1.165) is 58.8 Å². The highest BCUT2D eigenvalue weighted by Crippen LogP contribution is 2.46. The van der Waals surface area contributed by atoms with E-state index in [1.807, 2.05) is 35.6 Å². The first-order valence-electron chi connectivity index (χ1n) is 14.0. The summed E-state index contributed by atoms with van der Waals surface area (Å²) in [6.07, 6.45) is 0. The number of nitrogens with zero attached hydrogens (tertiary/aromatic N) is 3. The second kappa shape index (κ2) is 9.02. The highest BCUT2D eigenvalue weighted by atomic mass is 32.1. The highest BCUT2D eigenvalue weighted by molar-refractivity contribution is 7.26. The van der Waals surface area contributed by atoms with Gasteiger partial charge in [-0.1, -0.05) is 72.8 Å². The molecule has 5 heteroatoms. The lowest BCUT2D eigenvalue weighted by Crippen LogP contribution is -1.94. The lowest BCUT2D eigenvalue weighted by Gasteiger charge is -2.10. The summed E-state index contributed by atoms with van der Waals surface area (Å²) in [6, 6.07) is 44.9. The third-order valence-corrected chi connectivity index (χ3v) is 10.9. The van der Waals surface area contributed by atoms with E-state index < -0.39 is 0 Å². The quantitative estimate of drug-likeness (QED) is 0.204. The van der Waals surface area contributed by atoms with Crippen molar-refractivity contribution in [2.75, 3.05) is 0 Å². The van der Waals surface area contributed by atoms with Crippen LogP contribution in [0.4, 0.5) is 0 Å². The van der Waals surface area contributed by atoms with E-state index >= 15 is 0 Å². The highest BCUT2D eigenvalue weighted by Gasteiger charge is 2.20. The minimum Gasteiger partial charge on any atom is -0.308 e. The molecular formula is C38H19N3S2. The molecule has 9 aromatic rings. The van der Waals surface area contributed by atoms with E-state index in [-0.39, 0.29) is 0 Å². The van der Waals surface area contributed by atoms with Gasteiger partial charge in [-0.15, -0.1) is 22.7 Å². The summed E-state index contributed by atoms with van der Waals surface area (Å²) in [5.74, 6) is 0. The largest absolute Gasteiger partial charge is 0.308 e. The lowest BCUT2D eigenvalue weighted by molar-refractivity contribution is 1.20. The Kier molecular flexibility index (Phi) is 5.07. The lowest BCUT2D eigenvalue weighted by atomic mass is 9.96. The van der Waals surface area contributed by atoms with Crippen molar-refractivity contribution in [2.24, 2.45) is 0 Å². The summed E-state index contributed by atoms with van der Waals surface area (Å²) in [5.41, 5.74) is 6.73. The summed E-state index contributed by atoms with van der Waals surface area (Å²) in [7, 11) is 0. The molecule has 3 nitrogen and oxygen atoms in total.